The van der Waals surface area contributed by atoms with Gasteiger partial charge in [-0.05, 0) is 18.6 Å². The van der Waals surface area contributed by atoms with Gasteiger partial charge in [-0.15, -0.1) is 0 Å². The van der Waals surface area contributed by atoms with Gasteiger partial charge < -0.3 is 15.2 Å². The fourth-order valence-corrected chi connectivity index (χ4v) is 1.58. The van der Waals surface area contributed by atoms with Crippen molar-refractivity contribution < 1.29 is 10.2 Å². The van der Waals surface area contributed by atoms with E-state index in [0.29, 0.717) is 11.0 Å². The van der Waals surface area contributed by atoms with Gasteiger partial charge in [0.2, 0.25) is 0 Å². The lowest BCUT2D eigenvalue weighted by atomic mass is 10.2. The monoisotopic (exact) mass is 206 g/mol. The van der Waals surface area contributed by atoms with E-state index < -0.39 is 0 Å². The standard InChI is InChI=1S/C11H14N2O2/c1-2-3-4-9-12-10-7(14)5-6-8(15)11(10)13-9/h5-6,14-15H,2-4H2,1H3,(H,12,13). The van der Waals surface area contributed by atoms with Gasteiger partial charge in [0, 0.05) is 6.42 Å². The number of aromatic amines is 1. The van der Waals surface area contributed by atoms with Crippen LogP contribution >= 0.6 is 0 Å². The number of aromatic hydroxyl groups is 2. The number of rotatable bonds is 3. The zero-order valence-electron chi connectivity index (χ0n) is 8.62. The Hall–Kier alpha value is -1.71. The number of fused-ring (bicyclic) bond motifs is 1. The number of imidazole rings is 1. The molecule has 0 amide bonds. The van der Waals surface area contributed by atoms with Crippen molar-refractivity contribution in [3.05, 3.63) is 18.0 Å². The Morgan fingerprint density at radius 3 is 2.67 bits per heavy atom. The molecule has 0 atom stereocenters. The van der Waals surface area contributed by atoms with E-state index in [1.807, 2.05) is 0 Å². The van der Waals surface area contributed by atoms with E-state index in [1.165, 1.54) is 12.1 Å². The van der Waals surface area contributed by atoms with E-state index in [9.17, 15) is 10.2 Å². The maximum atomic E-state index is 9.55. The first-order chi connectivity index (χ1) is 7.22. The largest absolute Gasteiger partial charge is 0.506 e. The van der Waals surface area contributed by atoms with Gasteiger partial charge in [-0.1, -0.05) is 13.3 Å². The highest BCUT2D eigenvalue weighted by Crippen LogP contribution is 2.29. The van der Waals surface area contributed by atoms with Crippen LogP contribution in [-0.4, -0.2) is 20.2 Å². The van der Waals surface area contributed by atoms with Crippen molar-refractivity contribution in [2.24, 2.45) is 0 Å². The van der Waals surface area contributed by atoms with Gasteiger partial charge >= 0.3 is 0 Å². The first kappa shape index (κ1) is 9.83. The number of aryl methyl sites for hydroxylation is 1. The van der Waals surface area contributed by atoms with Gasteiger partial charge in [0.15, 0.2) is 0 Å². The van der Waals surface area contributed by atoms with E-state index in [4.69, 9.17) is 0 Å². The molecule has 0 aliphatic rings. The Morgan fingerprint density at radius 1 is 1.27 bits per heavy atom. The fraction of sp³-hybridized carbons (Fsp3) is 0.364. The zero-order chi connectivity index (χ0) is 10.8. The third-order valence-electron chi connectivity index (χ3n) is 2.42. The molecule has 1 heterocycles. The van der Waals surface area contributed by atoms with Crippen LogP contribution < -0.4 is 0 Å². The molecule has 0 radical (unpaired) electrons. The molecule has 2 rings (SSSR count). The Labute approximate surface area is 87.6 Å². The van der Waals surface area contributed by atoms with Gasteiger partial charge in [-0.2, -0.15) is 0 Å². The zero-order valence-corrected chi connectivity index (χ0v) is 8.62. The summed E-state index contributed by atoms with van der Waals surface area (Å²) >= 11 is 0. The van der Waals surface area contributed by atoms with Crippen LogP contribution in [0.1, 0.15) is 25.6 Å². The second-order valence-corrected chi connectivity index (χ2v) is 3.61. The van der Waals surface area contributed by atoms with Crippen molar-refractivity contribution in [2.45, 2.75) is 26.2 Å². The second kappa shape index (κ2) is 3.81. The molecule has 0 aliphatic heterocycles. The van der Waals surface area contributed by atoms with E-state index in [2.05, 4.69) is 16.9 Å². The summed E-state index contributed by atoms with van der Waals surface area (Å²) in [6, 6.07) is 2.90. The van der Waals surface area contributed by atoms with Crippen molar-refractivity contribution in [1.82, 2.24) is 9.97 Å². The smallest absolute Gasteiger partial charge is 0.143 e. The number of aromatic nitrogens is 2. The van der Waals surface area contributed by atoms with Gasteiger partial charge in [0.25, 0.3) is 0 Å². The number of phenolic OH excluding ortho intramolecular Hbond substituents is 2. The van der Waals surface area contributed by atoms with Crippen molar-refractivity contribution in [2.75, 3.05) is 0 Å². The summed E-state index contributed by atoms with van der Waals surface area (Å²) in [4.78, 5) is 7.26. The molecule has 0 fully saturated rings. The summed E-state index contributed by atoms with van der Waals surface area (Å²) < 4.78 is 0. The van der Waals surface area contributed by atoms with Crippen LogP contribution in [0.4, 0.5) is 0 Å². The number of hydrogen-bond donors (Lipinski definition) is 3. The molecule has 0 saturated heterocycles. The number of hydrogen-bond acceptors (Lipinski definition) is 3. The van der Waals surface area contributed by atoms with E-state index >= 15 is 0 Å². The summed E-state index contributed by atoms with van der Waals surface area (Å²) in [6.45, 7) is 2.11. The molecule has 3 N–H and O–H groups in total. The number of phenols is 2. The van der Waals surface area contributed by atoms with Crippen molar-refractivity contribution in [1.29, 1.82) is 0 Å². The Balaban J connectivity index is 2.45. The lowest BCUT2D eigenvalue weighted by molar-refractivity contribution is 0.468. The van der Waals surface area contributed by atoms with Crippen molar-refractivity contribution >= 4 is 11.0 Å². The van der Waals surface area contributed by atoms with Crippen LogP contribution in [0.5, 0.6) is 11.5 Å². The van der Waals surface area contributed by atoms with Crippen LogP contribution in [0.25, 0.3) is 11.0 Å². The molecular weight excluding hydrogens is 192 g/mol. The number of H-pyrrole nitrogens is 1. The number of benzene rings is 1. The minimum absolute atomic E-state index is 0.0989. The lowest BCUT2D eigenvalue weighted by Gasteiger charge is -1.94. The minimum atomic E-state index is 0.0989. The average molecular weight is 206 g/mol. The maximum absolute atomic E-state index is 9.55. The molecule has 4 nitrogen and oxygen atoms in total. The highest BCUT2D eigenvalue weighted by molar-refractivity contribution is 5.86. The molecule has 0 unspecified atom stereocenters. The molecule has 0 saturated carbocycles. The topological polar surface area (TPSA) is 69.1 Å². The number of nitrogens with one attached hydrogen (secondary N) is 1. The van der Waals surface area contributed by atoms with Crippen molar-refractivity contribution in [3.63, 3.8) is 0 Å². The van der Waals surface area contributed by atoms with Crippen LogP contribution in [0.15, 0.2) is 12.1 Å². The van der Waals surface area contributed by atoms with Crippen LogP contribution in [0, 0.1) is 0 Å². The molecule has 1 aromatic heterocycles. The molecule has 0 bridgehead atoms. The highest BCUT2D eigenvalue weighted by atomic mass is 16.3. The van der Waals surface area contributed by atoms with Gasteiger partial charge in [-0.3, -0.25) is 0 Å². The highest BCUT2D eigenvalue weighted by Gasteiger charge is 2.09. The maximum Gasteiger partial charge on any atom is 0.143 e. The quantitative estimate of drug-likeness (QED) is 0.675. The van der Waals surface area contributed by atoms with Crippen molar-refractivity contribution in [3.8, 4) is 11.5 Å². The summed E-state index contributed by atoms with van der Waals surface area (Å²) in [5.74, 6) is 1.03. The molecular formula is C11H14N2O2. The molecule has 80 valence electrons. The lowest BCUT2D eigenvalue weighted by Crippen LogP contribution is -1.86. The van der Waals surface area contributed by atoms with Gasteiger partial charge in [0.1, 0.15) is 28.4 Å². The summed E-state index contributed by atoms with van der Waals surface area (Å²) in [6.07, 6.45) is 2.97. The Kier molecular flexibility index (Phi) is 2.49. The molecule has 1 aromatic carbocycles. The summed E-state index contributed by atoms with van der Waals surface area (Å²) in [5.41, 5.74) is 0.960. The molecule has 0 aliphatic carbocycles. The third-order valence-corrected chi connectivity index (χ3v) is 2.42. The molecule has 2 aromatic rings. The van der Waals surface area contributed by atoms with E-state index in [1.54, 1.807) is 0 Å². The minimum Gasteiger partial charge on any atom is -0.506 e. The third kappa shape index (κ3) is 1.75. The second-order valence-electron chi connectivity index (χ2n) is 3.61. The van der Waals surface area contributed by atoms with Gasteiger partial charge in [0.05, 0.1) is 0 Å². The predicted octanol–water partition coefficient (Wildman–Crippen LogP) is 2.32. The number of nitrogens with zero attached hydrogens (tertiary/aromatic N) is 1. The van der Waals surface area contributed by atoms with Crippen LogP contribution in [-0.2, 0) is 6.42 Å². The van der Waals surface area contributed by atoms with E-state index in [-0.39, 0.29) is 11.5 Å². The van der Waals surface area contributed by atoms with Gasteiger partial charge in [-0.25, -0.2) is 4.98 Å². The molecule has 0 spiro atoms. The Bertz CT molecular complexity index is 438. The number of unbranched alkanes of at least 4 members (excludes halogenated alkanes) is 1. The SMILES string of the molecule is CCCCc1nc2c(O)ccc(O)c2[nH]1. The molecule has 15 heavy (non-hydrogen) atoms. The average Bonchev–Trinajstić information content (AvgIpc) is 2.66. The fourth-order valence-electron chi connectivity index (χ4n) is 1.58. The molecule has 4 heteroatoms. The summed E-state index contributed by atoms with van der Waals surface area (Å²) in [5, 5.41) is 19.1. The van der Waals surface area contributed by atoms with Crippen LogP contribution in [0.2, 0.25) is 0 Å². The summed E-state index contributed by atoms with van der Waals surface area (Å²) in [7, 11) is 0. The van der Waals surface area contributed by atoms with Crippen LogP contribution in [0.3, 0.4) is 0 Å². The Morgan fingerprint density at radius 2 is 2.00 bits per heavy atom. The first-order valence-corrected chi connectivity index (χ1v) is 5.12. The predicted molar refractivity (Wildman–Crippen MR) is 58.0 cm³/mol. The van der Waals surface area contributed by atoms with E-state index in [0.717, 1.165) is 25.1 Å². The first-order valence-electron chi connectivity index (χ1n) is 5.12. The normalized spacial score (nSPS) is 11.0.